The molecule has 0 heterocycles. The third kappa shape index (κ3) is 7.96. The predicted octanol–water partition coefficient (Wildman–Crippen LogP) is 6.45. The molecule has 3 N–H and O–H groups in total. The van der Waals surface area contributed by atoms with Crippen molar-refractivity contribution in [1.29, 1.82) is 0 Å². The summed E-state index contributed by atoms with van der Waals surface area (Å²) in [6, 6.07) is 0. The van der Waals surface area contributed by atoms with E-state index in [0.29, 0.717) is 25.2 Å². The van der Waals surface area contributed by atoms with Crippen molar-refractivity contribution in [2.45, 2.75) is 97.8 Å². The number of phenolic OH excluding ortho intramolecular Hbond substituents is 1. The van der Waals surface area contributed by atoms with Crippen LogP contribution in [-0.4, -0.2) is 34.5 Å². The minimum atomic E-state index is -1.28. The molecule has 0 amide bonds. The minimum absolute atomic E-state index is 0.0657. The lowest BCUT2D eigenvalue weighted by Gasteiger charge is -2.21. The topological polar surface area (TPSA) is 96.2 Å². The number of ether oxygens (including phenoxy) is 2. The number of phenols is 2. The Morgan fingerprint density at radius 1 is 0.700 bits per heavy atom. The molecule has 0 fully saturated rings. The van der Waals surface area contributed by atoms with Gasteiger partial charge in [-0.15, -0.1) is 0 Å². The molecule has 0 atom stereocenters. The van der Waals surface area contributed by atoms with Crippen LogP contribution in [0.5, 0.6) is 23.0 Å². The number of unbranched alkanes of at least 4 members (excludes halogenated alkanes) is 8. The average Bonchev–Trinajstić information content (AvgIpc) is 2.72. The highest BCUT2D eigenvalue weighted by Gasteiger charge is 2.29. The van der Waals surface area contributed by atoms with E-state index in [-0.39, 0.29) is 17.1 Å². The van der Waals surface area contributed by atoms with Gasteiger partial charge in [0.25, 0.3) is 0 Å². The van der Waals surface area contributed by atoms with Crippen LogP contribution in [0.2, 0.25) is 0 Å². The lowest BCUT2D eigenvalue weighted by atomic mass is 9.97. The van der Waals surface area contributed by atoms with Crippen molar-refractivity contribution in [3.8, 4) is 23.0 Å². The number of carbonyl (C=O) groups is 1. The van der Waals surface area contributed by atoms with Crippen LogP contribution < -0.4 is 9.47 Å². The second-order valence-electron chi connectivity index (χ2n) is 7.79. The van der Waals surface area contributed by atoms with E-state index in [2.05, 4.69) is 20.8 Å². The highest BCUT2D eigenvalue weighted by Crippen LogP contribution is 2.49. The summed E-state index contributed by atoms with van der Waals surface area (Å²) in [7, 11) is 0. The van der Waals surface area contributed by atoms with Gasteiger partial charge in [-0.25, -0.2) is 4.79 Å². The number of aromatic hydroxyl groups is 2. The Labute approximate surface area is 181 Å². The van der Waals surface area contributed by atoms with Gasteiger partial charge in [0.05, 0.1) is 13.2 Å². The first kappa shape index (κ1) is 25.9. The monoisotopic (exact) mass is 424 g/mol. The van der Waals surface area contributed by atoms with E-state index < -0.39 is 17.5 Å². The van der Waals surface area contributed by atoms with E-state index in [1.807, 2.05) is 0 Å². The second-order valence-corrected chi connectivity index (χ2v) is 7.79. The molecule has 0 aliphatic rings. The van der Waals surface area contributed by atoms with Crippen LogP contribution in [-0.2, 0) is 6.42 Å². The fourth-order valence-electron chi connectivity index (χ4n) is 3.44. The van der Waals surface area contributed by atoms with E-state index in [4.69, 9.17) is 9.47 Å². The van der Waals surface area contributed by atoms with Gasteiger partial charge in [0.15, 0.2) is 11.5 Å². The fraction of sp³-hybridized carbons (Fsp3) is 0.708. The molecule has 1 aromatic rings. The first-order valence-corrected chi connectivity index (χ1v) is 11.6. The Morgan fingerprint density at radius 2 is 1.20 bits per heavy atom. The number of carboxylic acids is 1. The van der Waals surface area contributed by atoms with Gasteiger partial charge in [-0.3, -0.25) is 0 Å². The van der Waals surface area contributed by atoms with Crippen LogP contribution in [0, 0.1) is 0 Å². The number of aromatic carboxylic acids is 1. The van der Waals surface area contributed by atoms with Gasteiger partial charge in [0, 0.05) is 5.56 Å². The highest BCUT2D eigenvalue weighted by molar-refractivity contribution is 5.96. The summed E-state index contributed by atoms with van der Waals surface area (Å²) in [6.07, 6.45) is 11.2. The summed E-state index contributed by atoms with van der Waals surface area (Å²) in [6.45, 7) is 7.12. The molecule has 6 heteroatoms. The molecular formula is C24H40O6. The van der Waals surface area contributed by atoms with E-state index in [0.717, 1.165) is 70.6 Å². The highest BCUT2D eigenvalue weighted by atomic mass is 16.5. The molecule has 0 aliphatic heterocycles. The average molecular weight is 425 g/mol. The summed E-state index contributed by atoms with van der Waals surface area (Å²) in [5.41, 5.74) is 0.121. The zero-order valence-corrected chi connectivity index (χ0v) is 19.0. The van der Waals surface area contributed by atoms with Gasteiger partial charge in [-0.2, -0.15) is 0 Å². The van der Waals surface area contributed by atoms with Gasteiger partial charge >= 0.3 is 5.97 Å². The third-order valence-electron chi connectivity index (χ3n) is 5.19. The van der Waals surface area contributed by atoms with Gasteiger partial charge in [0.2, 0.25) is 11.5 Å². The first-order chi connectivity index (χ1) is 14.5. The maximum Gasteiger partial charge on any atom is 0.340 e. The molecule has 0 unspecified atom stereocenters. The quantitative estimate of drug-likeness (QED) is 0.196. The van der Waals surface area contributed by atoms with Crippen molar-refractivity contribution in [2.24, 2.45) is 0 Å². The number of hydrogen-bond donors (Lipinski definition) is 3. The first-order valence-electron chi connectivity index (χ1n) is 11.6. The molecule has 0 aliphatic carbocycles. The summed E-state index contributed by atoms with van der Waals surface area (Å²) in [5, 5.41) is 30.6. The molecule has 0 spiro atoms. The maximum absolute atomic E-state index is 11.9. The van der Waals surface area contributed by atoms with Crippen molar-refractivity contribution >= 4 is 5.97 Å². The zero-order valence-electron chi connectivity index (χ0n) is 19.0. The molecular weight excluding hydrogens is 384 g/mol. The van der Waals surface area contributed by atoms with Crippen LogP contribution in [0.25, 0.3) is 0 Å². The summed E-state index contributed by atoms with van der Waals surface area (Å²) in [5.74, 6) is -2.14. The van der Waals surface area contributed by atoms with E-state index >= 15 is 0 Å². The molecule has 172 valence electrons. The standard InChI is InChI=1S/C24H40O6/c1-4-7-10-13-16-29-22-18(15-12-9-6-3)19(24(27)28)20(25)21(26)23(22)30-17-14-11-8-5-2/h25-26H,4-17H2,1-3H3,(H,27,28). The Bertz CT molecular complexity index is 641. The summed E-state index contributed by atoms with van der Waals surface area (Å²) in [4.78, 5) is 11.9. The number of benzene rings is 1. The van der Waals surface area contributed by atoms with Crippen molar-refractivity contribution in [2.75, 3.05) is 13.2 Å². The summed E-state index contributed by atoms with van der Waals surface area (Å²) < 4.78 is 11.8. The Balaban J connectivity index is 3.23. The van der Waals surface area contributed by atoms with Crippen molar-refractivity contribution in [1.82, 2.24) is 0 Å². The molecule has 30 heavy (non-hydrogen) atoms. The van der Waals surface area contributed by atoms with Gasteiger partial charge in [-0.1, -0.05) is 72.1 Å². The van der Waals surface area contributed by atoms with Crippen molar-refractivity contribution in [3.05, 3.63) is 11.1 Å². The van der Waals surface area contributed by atoms with E-state index in [1.54, 1.807) is 0 Å². The van der Waals surface area contributed by atoms with Crippen LogP contribution in [0.3, 0.4) is 0 Å². The minimum Gasteiger partial charge on any atom is -0.504 e. The third-order valence-corrected chi connectivity index (χ3v) is 5.19. The molecule has 1 aromatic carbocycles. The lowest BCUT2D eigenvalue weighted by molar-refractivity contribution is 0.0690. The molecule has 0 saturated carbocycles. The number of rotatable bonds is 17. The van der Waals surface area contributed by atoms with Crippen molar-refractivity contribution < 1.29 is 29.6 Å². The second kappa shape index (κ2) is 14.8. The molecule has 0 saturated heterocycles. The van der Waals surface area contributed by atoms with Crippen LogP contribution in [0.15, 0.2) is 0 Å². The largest absolute Gasteiger partial charge is 0.504 e. The van der Waals surface area contributed by atoms with Crippen LogP contribution in [0.4, 0.5) is 0 Å². The van der Waals surface area contributed by atoms with Crippen molar-refractivity contribution in [3.63, 3.8) is 0 Å². The predicted molar refractivity (Wildman–Crippen MR) is 119 cm³/mol. The normalized spacial score (nSPS) is 10.9. The van der Waals surface area contributed by atoms with E-state index in [9.17, 15) is 20.1 Å². The van der Waals surface area contributed by atoms with Crippen LogP contribution in [0.1, 0.15) is 107 Å². The lowest BCUT2D eigenvalue weighted by Crippen LogP contribution is -2.11. The smallest absolute Gasteiger partial charge is 0.340 e. The molecule has 0 bridgehead atoms. The molecule has 6 nitrogen and oxygen atoms in total. The summed E-state index contributed by atoms with van der Waals surface area (Å²) >= 11 is 0. The molecule has 0 radical (unpaired) electrons. The SMILES string of the molecule is CCCCCCOc1c(O)c(O)c(C(=O)O)c(CCCCC)c1OCCCCCC. The molecule has 1 rings (SSSR count). The maximum atomic E-state index is 11.9. The van der Waals surface area contributed by atoms with Crippen LogP contribution >= 0.6 is 0 Å². The van der Waals surface area contributed by atoms with E-state index in [1.165, 1.54) is 0 Å². The Hall–Kier alpha value is -2.11. The van der Waals surface area contributed by atoms with Gasteiger partial charge in [-0.05, 0) is 25.7 Å². The fourth-order valence-corrected chi connectivity index (χ4v) is 3.44. The Morgan fingerprint density at radius 3 is 1.70 bits per heavy atom. The zero-order chi connectivity index (χ0) is 22.4. The Kier molecular flexibility index (Phi) is 12.8. The van der Waals surface area contributed by atoms with Gasteiger partial charge < -0.3 is 24.8 Å². The number of hydrogen-bond acceptors (Lipinski definition) is 5. The van der Waals surface area contributed by atoms with Gasteiger partial charge in [0.1, 0.15) is 5.56 Å². The number of carboxylic acid groups (broad SMARTS) is 1. The molecule has 0 aromatic heterocycles.